The Bertz CT molecular complexity index is 514. The van der Waals surface area contributed by atoms with Crippen molar-refractivity contribution >= 4 is 5.97 Å². The van der Waals surface area contributed by atoms with Crippen LogP contribution in [-0.2, 0) is 6.61 Å². The number of aryl methyl sites for hydroxylation is 1. The van der Waals surface area contributed by atoms with Crippen molar-refractivity contribution in [3.05, 3.63) is 53.5 Å². The highest BCUT2D eigenvalue weighted by Gasteiger charge is 2.07. The average Bonchev–Trinajstić information content (AvgIpc) is 2.80. The Morgan fingerprint density at radius 2 is 2.24 bits per heavy atom. The minimum atomic E-state index is -0.960. The van der Waals surface area contributed by atoms with Gasteiger partial charge in [-0.15, -0.1) is 0 Å². The standard InChI is InChI=1S/C13H12O4/c1-9-2-3-11(13(14)15)6-12(9)17-8-10-4-5-16-7-10/h2-7H,8H2,1H3,(H,14,15). The molecule has 1 N–H and O–H groups in total. The molecule has 4 nitrogen and oxygen atoms in total. The van der Waals surface area contributed by atoms with E-state index in [9.17, 15) is 4.79 Å². The lowest BCUT2D eigenvalue weighted by Crippen LogP contribution is -2.00. The van der Waals surface area contributed by atoms with Crippen LogP contribution in [0, 0.1) is 6.92 Å². The minimum absolute atomic E-state index is 0.220. The topological polar surface area (TPSA) is 59.7 Å². The maximum absolute atomic E-state index is 10.8. The summed E-state index contributed by atoms with van der Waals surface area (Å²) >= 11 is 0. The fraction of sp³-hybridized carbons (Fsp3) is 0.154. The van der Waals surface area contributed by atoms with E-state index in [1.165, 1.54) is 6.07 Å². The van der Waals surface area contributed by atoms with Gasteiger partial charge in [0.1, 0.15) is 12.4 Å². The summed E-state index contributed by atoms with van der Waals surface area (Å²) in [6.45, 7) is 2.23. The van der Waals surface area contributed by atoms with Crippen molar-refractivity contribution in [2.24, 2.45) is 0 Å². The summed E-state index contributed by atoms with van der Waals surface area (Å²) in [5.74, 6) is -0.385. The lowest BCUT2D eigenvalue weighted by molar-refractivity contribution is 0.0696. The van der Waals surface area contributed by atoms with Gasteiger partial charge >= 0.3 is 5.97 Å². The van der Waals surface area contributed by atoms with Crippen LogP contribution in [0.25, 0.3) is 0 Å². The minimum Gasteiger partial charge on any atom is -0.488 e. The zero-order valence-electron chi connectivity index (χ0n) is 9.34. The second-order valence-electron chi connectivity index (χ2n) is 3.71. The van der Waals surface area contributed by atoms with Crippen LogP contribution < -0.4 is 4.74 Å². The lowest BCUT2D eigenvalue weighted by atomic mass is 10.1. The molecule has 0 spiro atoms. The van der Waals surface area contributed by atoms with Crippen LogP contribution in [0.5, 0.6) is 5.75 Å². The zero-order chi connectivity index (χ0) is 12.3. The number of hydrogen-bond donors (Lipinski definition) is 1. The number of rotatable bonds is 4. The Morgan fingerprint density at radius 1 is 1.41 bits per heavy atom. The van der Waals surface area contributed by atoms with E-state index in [4.69, 9.17) is 14.3 Å². The number of furan rings is 1. The molecule has 0 aliphatic carbocycles. The first-order chi connectivity index (χ1) is 8.16. The molecule has 0 fully saturated rings. The molecular weight excluding hydrogens is 220 g/mol. The average molecular weight is 232 g/mol. The Labute approximate surface area is 98.4 Å². The first kappa shape index (κ1) is 11.3. The Hall–Kier alpha value is -2.23. The van der Waals surface area contributed by atoms with Crippen LogP contribution in [0.1, 0.15) is 21.5 Å². The Kier molecular flexibility index (Phi) is 3.14. The van der Waals surface area contributed by atoms with E-state index < -0.39 is 5.97 Å². The van der Waals surface area contributed by atoms with E-state index >= 15 is 0 Å². The van der Waals surface area contributed by atoms with E-state index in [0.29, 0.717) is 12.4 Å². The van der Waals surface area contributed by atoms with Crippen molar-refractivity contribution in [3.8, 4) is 5.75 Å². The van der Waals surface area contributed by atoms with Gasteiger partial charge in [0, 0.05) is 5.56 Å². The summed E-state index contributed by atoms with van der Waals surface area (Å²) in [5, 5.41) is 8.88. The first-order valence-corrected chi connectivity index (χ1v) is 5.14. The molecule has 0 radical (unpaired) electrons. The van der Waals surface area contributed by atoms with Crippen molar-refractivity contribution in [1.29, 1.82) is 0 Å². The third-order valence-corrected chi connectivity index (χ3v) is 2.41. The summed E-state index contributed by atoms with van der Waals surface area (Å²) in [6.07, 6.45) is 3.16. The van der Waals surface area contributed by atoms with E-state index in [2.05, 4.69) is 0 Å². The van der Waals surface area contributed by atoms with Gasteiger partial charge in [0.15, 0.2) is 0 Å². The van der Waals surface area contributed by atoms with Gasteiger partial charge in [-0.2, -0.15) is 0 Å². The van der Waals surface area contributed by atoms with Crippen molar-refractivity contribution in [2.45, 2.75) is 13.5 Å². The molecular formula is C13H12O4. The molecule has 88 valence electrons. The normalized spacial score (nSPS) is 10.2. The molecule has 0 saturated carbocycles. The number of aromatic carboxylic acids is 1. The highest BCUT2D eigenvalue weighted by atomic mass is 16.5. The van der Waals surface area contributed by atoms with Crippen LogP contribution in [0.4, 0.5) is 0 Å². The second kappa shape index (κ2) is 4.74. The van der Waals surface area contributed by atoms with Gasteiger partial charge in [-0.1, -0.05) is 6.07 Å². The maximum atomic E-state index is 10.8. The van der Waals surface area contributed by atoms with Crippen molar-refractivity contribution < 1.29 is 19.1 Å². The Morgan fingerprint density at radius 3 is 2.88 bits per heavy atom. The molecule has 0 aliphatic heterocycles. The predicted molar refractivity (Wildman–Crippen MR) is 61.2 cm³/mol. The third-order valence-electron chi connectivity index (χ3n) is 2.41. The molecule has 1 heterocycles. The molecule has 0 atom stereocenters. The van der Waals surface area contributed by atoms with Gasteiger partial charge < -0.3 is 14.3 Å². The number of carbonyl (C=O) groups is 1. The van der Waals surface area contributed by atoms with Crippen molar-refractivity contribution in [1.82, 2.24) is 0 Å². The number of hydrogen-bond acceptors (Lipinski definition) is 3. The number of carboxylic acids is 1. The summed E-state index contributed by atoms with van der Waals surface area (Å²) in [7, 11) is 0. The Balaban J connectivity index is 2.14. The molecule has 0 amide bonds. The largest absolute Gasteiger partial charge is 0.488 e. The van der Waals surface area contributed by atoms with Gasteiger partial charge in [0.25, 0.3) is 0 Å². The predicted octanol–water partition coefficient (Wildman–Crippen LogP) is 2.87. The number of carboxylic acid groups (broad SMARTS) is 1. The second-order valence-corrected chi connectivity index (χ2v) is 3.71. The summed E-state index contributed by atoms with van der Waals surface area (Å²) in [5.41, 5.74) is 2.03. The number of ether oxygens (including phenoxy) is 1. The fourth-order valence-corrected chi connectivity index (χ4v) is 1.42. The van der Waals surface area contributed by atoms with Crippen LogP contribution in [0.2, 0.25) is 0 Å². The van der Waals surface area contributed by atoms with Crippen molar-refractivity contribution in [3.63, 3.8) is 0 Å². The molecule has 0 bridgehead atoms. The summed E-state index contributed by atoms with van der Waals surface area (Å²) in [4.78, 5) is 10.8. The highest BCUT2D eigenvalue weighted by Crippen LogP contribution is 2.21. The third kappa shape index (κ3) is 2.66. The molecule has 0 saturated heterocycles. The quantitative estimate of drug-likeness (QED) is 0.880. The zero-order valence-corrected chi connectivity index (χ0v) is 9.34. The number of benzene rings is 1. The van der Waals surface area contributed by atoms with Gasteiger partial charge in [0.05, 0.1) is 18.1 Å². The molecule has 1 aromatic carbocycles. The molecule has 2 rings (SSSR count). The maximum Gasteiger partial charge on any atom is 0.335 e. The van der Waals surface area contributed by atoms with E-state index in [-0.39, 0.29) is 5.56 Å². The van der Waals surface area contributed by atoms with Gasteiger partial charge in [-0.25, -0.2) is 4.79 Å². The molecule has 2 aromatic rings. The molecule has 17 heavy (non-hydrogen) atoms. The van der Waals surface area contributed by atoms with E-state index in [0.717, 1.165) is 11.1 Å². The fourth-order valence-electron chi connectivity index (χ4n) is 1.42. The molecule has 4 heteroatoms. The molecule has 0 aliphatic rings. The monoisotopic (exact) mass is 232 g/mol. The van der Waals surface area contributed by atoms with E-state index in [1.807, 2.05) is 6.92 Å². The van der Waals surface area contributed by atoms with E-state index in [1.54, 1.807) is 30.7 Å². The highest BCUT2D eigenvalue weighted by molar-refractivity contribution is 5.88. The smallest absolute Gasteiger partial charge is 0.335 e. The SMILES string of the molecule is Cc1ccc(C(=O)O)cc1OCc1ccoc1. The van der Waals surface area contributed by atoms with Gasteiger partial charge in [-0.3, -0.25) is 0 Å². The summed E-state index contributed by atoms with van der Waals surface area (Å²) in [6, 6.07) is 6.62. The first-order valence-electron chi connectivity index (χ1n) is 5.14. The summed E-state index contributed by atoms with van der Waals surface area (Å²) < 4.78 is 10.5. The van der Waals surface area contributed by atoms with Crippen molar-refractivity contribution in [2.75, 3.05) is 0 Å². The van der Waals surface area contributed by atoms with Crippen LogP contribution in [0.3, 0.4) is 0 Å². The van der Waals surface area contributed by atoms with Crippen LogP contribution in [0.15, 0.2) is 41.2 Å². The van der Waals surface area contributed by atoms with Crippen LogP contribution >= 0.6 is 0 Å². The molecule has 0 unspecified atom stereocenters. The van der Waals surface area contributed by atoms with Crippen LogP contribution in [-0.4, -0.2) is 11.1 Å². The van der Waals surface area contributed by atoms with Gasteiger partial charge in [0.2, 0.25) is 0 Å². The lowest BCUT2D eigenvalue weighted by Gasteiger charge is -2.08. The van der Waals surface area contributed by atoms with Gasteiger partial charge in [-0.05, 0) is 30.7 Å². The molecule has 1 aromatic heterocycles.